The first kappa shape index (κ1) is 31.6. The Morgan fingerprint density at radius 1 is 0.643 bits per heavy atom. The first-order valence-corrected chi connectivity index (χ1v) is 19.9. The molecule has 3 atom stereocenters. The Labute approximate surface area is 325 Å². The zero-order valence-electron chi connectivity index (χ0n) is 30.9. The predicted molar refractivity (Wildman–Crippen MR) is 235 cm³/mol. The number of fused-ring (bicyclic) bond motifs is 14. The third-order valence-electron chi connectivity index (χ3n) is 12.7. The number of allylic oxidation sites excluding steroid dienone is 6. The highest BCUT2D eigenvalue weighted by Gasteiger charge is 2.34. The van der Waals surface area contributed by atoms with E-state index in [-0.39, 0.29) is 17.9 Å². The monoisotopic (exact) mass is 715 g/mol. The molecular formula is C53H37N3. The van der Waals surface area contributed by atoms with Crippen molar-refractivity contribution in [2.75, 3.05) is 0 Å². The van der Waals surface area contributed by atoms with Crippen molar-refractivity contribution in [3.05, 3.63) is 197 Å². The maximum absolute atomic E-state index is 5.46. The lowest BCUT2D eigenvalue weighted by atomic mass is 9.74. The van der Waals surface area contributed by atoms with E-state index in [2.05, 4.69) is 152 Å². The van der Waals surface area contributed by atoms with Gasteiger partial charge in [-0.25, -0.2) is 4.98 Å². The van der Waals surface area contributed by atoms with Gasteiger partial charge in [0.1, 0.15) is 6.04 Å². The van der Waals surface area contributed by atoms with E-state index in [4.69, 9.17) is 15.0 Å². The summed E-state index contributed by atoms with van der Waals surface area (Å²) in [5.41, 5.74) is 12.5. The van der Waals surface area contributed by atoms with E-state index in [0.717, 1.165) is 36.2 Å². The topological polar surface area (TPSA) is 38.1 Å². The molecule has 3 nitrogen and oxygen atoms in total. The van der Waals surface area contributed by atoms with Gasteiger partial charge in [-0.15, -0.1) is 0 Å². The molecule has 0 saturated heterocycles. The van der Waals surface area contributed by atoms with Crippen molar-refractivity contribution in [1.29, 1.82) is 0 Å². The number of para-hydroxylation sites is 1. The highest BCUT2D eigenvalue weighted by atomic mass is 14.9. The number of hydrogen-bond donors (Lipinski definition) is 0. The molecule has 1 aliphatic heterocycles. The fourth-order valence-corrected chi connectivity index (χ4v) is 10.1. The Hall–Kier alpha value is -6.71. The van der Waals surface area contributed by atoms with E-state index in [0.29, 0.717) is 0 Å². The van der Waals surface area contributed by atoms with Crippen LogP contribution in [0, 0.1) is 5.92 Å². The van der Waals surface area contributed by atoms with Gasteiger partial charge in [-0.2, -0.15) is 0 Å². The summed E-state index contributed by atoms with van der Waals surface area (Å²) in [6.07, 6.45) is 23.2. The normalized spacial score (nSPS) is 19.9. The van der Waals surface area contributed by atoms with Crippen molar-refractivity contribution in [2.24, 2.45) is 10.9 Å². The largest absolute Gasteiger partial charge is 0.282 e. The summed E-state index contributed by atoms with van der Waals surface area (Å²) >= 11 is 0. The van der Waals surface area contributed by atoms with Crippen LogP contribution in [0.3, 0.4) is 0 Å². The first-order chi connectivity index (χ1) is 27.8. The minimum atomic E-state index is 0.0426. The molecular weight excluding hydrogens is 679 g/mol. The van der Waals surface area contributed by atoms with Crippen molar-refractivity contribution in [2.45, 2.75) is 31.2 Å². The summed E-state index contributed by atoms with van der Waals surface area (Å²) in [5.74, 6) is 0.463. The molecule has 0 fully saturated rings. The molecule has 12 rings (SSSR count). The molecule has 0 N–H and O–H groups in total. The van der Waals surface area contributed by atoms with Crippen LogP contribution in [-0.4, -0.2) is 16.2 Å². The zero-order valence-corrected chi connectivity index (χ0v) is 30.9. The lowest BCUT2D eigenvalue weighted by Gasteiger charge is -2.33. The van der Waals surface area contributed by atoms with E-state index in [1.165, 1.54) is 87.4 Å². The fraction of sp³-hybridized carbons (Fsp3) is 0.113. The Morgan fingerprint density at radius 3 is 2.30 bits per heavy atom. The Balaban J connectivity index is 0.976. The Morgan fingerprint density at radius 2 is 1.43 bits per heavy atom. The molecule has 3 heterocycles. The maximum Gasteiger partial charge on any atom is 0.103 e. The molecule has 3 heteroatoms. The molecule has 0 spiro atoms. The molecule has 4 aliphatic rings. The third-order valence-corrected chi connectivity index (χ3v) is 12.7. The van der Waals surface area contributed by atoms with Crippen LogP contribution in [0.1, 0.15) is 58.4 Å². The first-order valence-electron chi connectivity index (χ1n) is 19.9. The molecule has 0 radical (unpaired) electrons. The van der Waals surface area contributed by atoms with Gasteiger partial charge in [0.25, 0.3) is 0 Å². The summed E-state index contributed by atoms with van der Waals surface area (Å²) in [4.78, 5) is 15.1. The molecule has 56 heavy (non-hydrogen) atoms. The summed E-state index contributed by atoms with van der Waals surface area (Å²) < 4.78 is 0. The Bertz CT molecular complexity index is 3190. The molecule has 0 saturated carbocycles. The van der Waals surface area contributed by atoms with Crippen LogP contribution in [0.15, 0.2) is 168 Å². The molecule has 0 bridgehead atoms. The maximum atomic E-state index is 5.46. The summed E-state index contributed by atoms with van der Waals surface area (Å²) in [7, 11) is 0. The molecule has 0 amide bonds. The van der Waals surface area contributed by atoms with Gasteiger partial charge in [0, 0.05) is 40.4 Å². The minimum absolute atomic E-state index is 0.0426. The number of aliphatic imine (C=N–C) groups is 1. The van der Waals surface area contributed by atoms with Crippen molar-refractivity contribution < 1.29 is 0 Å². The van der Waals surface area contributed by atoms with Crippen molar-refractivity contribution in [3.63, 3.8) is 0 Å². The molecule has 6 aromatic carbocycles. The second kappa shape index (κ2) is 12.4. The van der Waals surface area contributed by atoms with Crippen LogP contribution in [0.25, 0.3) is 71.7 Å². The average Bonchev–Trinajstić information content (AvgIpc) is 3.28. The molecule has 3 unspecified atom stereocenters. The van der Waals surface area contributed by atoms with Gasteiger partial charge in [-0.3, -0.25) is 9.98 Å². The fourth-order valence-electron chi connectivity index (χ4n) is 10.1. The number of hydrogen-bond acceptors (Lipinski definition) is 3. The van der Waals surface area contributed by atoms with Gasteiger partial charge in [-0.1, -0.05) is 134 Å². The lowest BCUT2D eigenvalue weighted by Crippen LogP contribution is -2.22. The van der Waals surface area contributed by atoms with Crippen molar-refractivity contribution in [3.8, 4) is 0 Å². The number of aryl methyl sites for hydroxylation is 1. The SMILES string of the molecule is C1=CC2C(C3=Cc4ccc5ccc(C6C=C(c7nc8ccccc8c8c9ccccc9c9ccccc9c78)C=CC6)cc5c4CC3)=Cc3cccnc3C2N=C1. The van der Waals surface area contributed by atoms with Crippen LogP contribution in [0.2, 0.25) is 0 Å². The van der Waals surface area contributed by atoms with E-state index in [1.807, 2.05) is 18.5 Å². The van der Waals surface area contributed by atoms with Gasteiger partial charge in [0.2, 0.25) is 0 Å². The van der Waals surface area contributed by atoms with E-state index < -0.39 is 0 Å². The second-order valence-corrected chi connectivity index (χ2v) is 15.7. The van der Waals surface area contributed by atoms with E-state index >= 15 is 0 Å². The number of benzene rings is 6. The van der Waals surface area contributed by atoms with Crippen molar-refractivity contribution in [1.82, 2.24) is 9.97 Å². The van der Waals surface area contributed by atoms with E-state index in [9.17, 15) is 0 Å². The van der Waals surface area contributed by atoms with Gasteiger partial charge >= 0.3 is 0 Å². The van der Waals surface area contributed by atoms with Crippen LogP contribution in [0.4, 0.5) is 0 Å². The van der Waals surface area contributed by atoms with Gasteiger partial charge in [-0.05, 0) is 115 Å². The quantitative estimate of drug-likeness (QED) is 0.171. The number of aromatic nitrogens is 2. The molecule has 264 valence electrons. The minimum Gasteiger partial charge on any atom is -0.282 e. The predicted octanol–water partition coefficient (Wildman–Crippen LogP) is 13.1. The highest BCUT2D eigenvalue weighted by Crippen LogP contribution is 2.47. The number of pyridine rings is 2. The average molecular weight is 716 g/mol. The number of nitrogens with zero attached hydrogens (tertiary/aromatic N) is 3. The van der Waals surface area contributed by atoms with Crippen LogP contribution >= 0.6 is 0 Å². The molecule has 3 aliphatic carbocycles. The van der Waals surface area contributed by atoms with Crippen molar-refractivity contribution >= 4 is 77.9 Å². The summed E-state index contributed by atoms with van der Waals surface area (Å²) in [5, 5.41) is 11.5. The third kappa shape index (κ3) is 4.80. The number of rotatable bonds is 3. The molecule has 8 aromatic rings. The Kier molecular flexibility index (Phi) is 7.01. The summed E-state index contributed by atoms with van der Waals surface area (Å²) in [6.45, 7) is 0. The number of dihydropyridines is 1. The van der Waals surface area contributed by atoms with E-state index in [1.54, 1.807) is 0 Å². The smallest absolute Gasteiger partial charge is 0.103 e. The lowest BCUT2D eigenvalue weighted by molar-refractivity contribution is 0.568. The van der Waals surface area contributed by atoms with Crippen LogP contribution < -0.4 is 0 Å². The highest BCUT2D eigenvalue weighted by molar-refractivity contribution is 6.32. The van der Waals surface area contributed by atoms with Gasteiger partial charge in [0.15, 0.2) is 0 Å². The van der Waals surface area contributed by atoms with Crippen LogP contribution in [-0.2, 0) is 6.42 Å². The molecule has 2 aromatic heterocycles. The van der Waals surface area contributed by atoms with Crippen LogP contribution in [0.5, 0.6) is 0 Å². The second-order valence-electron chi connectivity index (χ2n) is 15.7. The van der Waals surface area contributed by atoms with Gasteiger partial charge < -0.3 is 0 Å². The zero-order chi connectivity index (χ0) is 36.7. The van der Waals surface area contributed by atoms with Gasteiger partial charge in [0.05, 0.1) is 16.9 Å². The standard InChI is InChI=1S/C53H37N3/c1-3-15-42-40(13-1)41-14-2-4-16-43(41)50-49(42)45-17-5-6-19-48(45)56-51(50)37-11-7-10-33(28-37)34-22-20-32-21-23-35-29-36(24-25-39(35)46(32)30-34)47-31-38-12-8-26-54-52(38)53-44(47)18-9-27-55-53/h1-9,11-23,26-31,33,44,53H,10,24-25H2. The summed E-state index contributed by atoms with van der Waals surface area (Å²) in [6, 6.07) is 42.4.